The number of hydrogen-bond donors (Lipinski definition) is 2. The summed E-state index contributed by atoms with van der Waals surface area (Å²) in [6.07, 6.45) is 1.94. The van der Waals surface area contributed by atoms with Gasteiger partial charge in [0.2, 0.25) is 0 Å². The van der Waals surface area contributed by atoms with Gasteiger partial charge in [0.15, 0.2) is 5.16 Å². The summed E-state index contributed by atoms with van der Waals surface area (Å²) < 4.78 is 13.6. The number of anilines is 2. The molecule has 6 heteroatoms. The Bertz CT molecular complexity index is 600. The number of rotatable bonds is 5. The van der Waals surface area contributed by atoms with Crippen LogP contribution in [0, 0.1) is 19.7 Å². The summed E-state index contributed by atoms with van der Waals surface area (Å²) in [5.74, 6) is 1.38. The molecule has 0 aliphatic rings. The van der Waals surface area contributed by atoms with Gasteiger partial charge < -0.3 is 10.6 Å². The van der Waals surface area contributed by atoms with Crippen molar-refractivity contribution in [3.05, 3.63) is 40.7 Å². The van der Waals surface area contributed by atoms with Crippen LogP contribution >= 0.6 is 11.8 Å². The van der Waals surface area contributed by atoms with E-state index in [0.29, 0.717) is 22.8 Å². The summed E-state index contributed by atoms with van der Waals surface area (Å²) in [6.45, 7) is 4.15. The van der Waals surface area contributed by atoms with Gasteiger partial charge in [-0.15, -0.1) is 0 Å². The van der Waals surface area contributed by atoms with Crippen molar-refractivity contribution in [2.45, 2.75) is 25.5 Å². The molecular weight excluding hydrogens is 287 g/mol. The van der Waals surface area contributed by atoms with E-state index in [2.05, 4.69) is 20.6 Å². The maximum atomic E-state index is 13.6. The Balaban J connectivity index is 2.16. The lowest BCUT2D eigenvalue weighted by Crippen LogP contribution is -2.05. The van der Waals surface area contributed by atoms with Crippen LogP contribution in [-0.2, 0) is 6.54 Å². The molecule has 4 nitrogen and oxygen atoms in total. The number of nitrogens with zero attached hydrogens (tertiary/aromatic N) is 2. The first-order valence-corrected chi connectivity index (χ1v) is 7.86. The van der Waals surface area contributed by atoms with Gasteiger partial charge in [0.1, 0.15) is 17.5 Å². The van der Waals surface area contributed by atoms with E-state index in [0.717, 1.165) is 17.2 Å². The lowest BCUT2D eigenvalue weighted by Gasteiger charge is -2.10. The Labute approximate surface area is 128 Å². The zero-order valence-corrected chi connectivity index (χ0v) is 13.4. The topological polar surface area (TPSA) is 49.8 Å². The Morgan fingerprint density at radius 1 is 1.10 bits per heavy atom. The normalized spacial score (nSPS) is 10.5. The highest BCUT2D eigenvalue weighted by Gasteiger charge is 2.06. The maximum absolute atomic E-state index is 13.6. The van der Waals surface area contributed by atoms with Gasteiger partial charge >= 0.3 is 0 Å². The average molecular weight is 306 g/mol. The second kappa shape index (κ2) is 6.76. The van der Waals surface area contributed by atoms with Gasteiger partial charge in [-0.1, -0.05) is 23.9 Å². The van der Waals surface area contributed by atoms with Crippen LogP contribution in [0.4, 0.5) is 16.0 Å². The van der Waals surface area contributed by atoms with E-state index < -0.39 is 0 Å². The number of halogens is 1. The van der Waals surface area contributed by atoms with Gasteiger partial charge in [-0.3, -0.25) is 0 Å². The van der Waals surface area contributed by atoms with Crippen LogP contribution in [0.15, 0.2) is 23.4 Å². The molecule has 0 aliphatic carbocycles. The van der Waals surface area contributed by atoms with E-state index >= 15 is 0 Å². The predicted octanol–water partition coefficient (Wildman–Crippen LogP) is 3.61. The number of hydrogen-bond acceptors (Lipinski definition) is 5. The third-order valence-electron chi connectivity index (χ3n) is 3.11. The molecule has 0 atom stereocenters. The van der Waals surface area contributed by atoms with Crippen molar-refractivity contribution in [1.82, 2.24) is 9.97 Å². The van der Waals surface area contributed by atoms with E-state index in [1.165, 1.54) is 11.8 Å². The standard InChI is InChI=1S/C15H19FN4S/c1-9-5-11(6-10(2)14(9)16)8-18-13-7-12(17-3)19-15(20-13)21-4/h5-7H,8H2,1-4H3,(H2,17,18,19,20). The minimum atomic E-state index is -0.136. The van der Waals surface area contributed by atoms with Crippen molar-refractivity contribution in [3.63, 3.8) is 0 Å². The fourth-order valence-corrected chi connectivity index (χ4v) is 2.44. The lowest BCUT2D eigenvalue weighted by atomic mass is 10.1. The smallest absolute Gasteiger partial charge is 0.191 e. The van der Waals surface area contributed by atoms with Crippen molar-refractivity contribution in [2.24, 2.45) is 0 Å². The molecule has 0 fully saturated rings. The van der Waals surface area contributed by atoms with E-state index in [9.17, 15) is 4.39 Å². The predicted molar refractivity (Wildman–Crippen MR) is 86.6 cm³/mol. The second-order valence-electron chi connectivity index (χ2n) is 4.77. The average Bonchev–Trinajstić information content (AvgIpc) is 2.49. The molecule has 0 saturated carbocycles. The highest BCUT2D eigenvalue weighted by molar-refractivity contribution is 7.98. The summed E-state index contributed by atoms with van der Waals surface area (Å²) >= 11 is 1.49. The zero-order chi connectivity index (χ0) is 15.4. The highest BCUT2D eigenvalue weighted by Crippen LogP contribution is 2.19. The molecule has 1 aromatic carbocycles. The largest absolute Gasteiger partial charge is 0.373 e. The van der Waals surface area contributed by atoms with Gasteiger partial charge in [0.05, 0.1) is 0 Å². The molecule has 0 spiro atoms. The van der Waals surface area contributed by atoms with E-state index in [1.807, 2.05) is 31.5 Å². The summed E-state index contributed by atoms with van der Waals surface area (Å²) in [6, 6.07) is 5.55. The number of aryl methyl sites for hydroxylation is 2. The number of aromatic nitrogens is 2. The lowest BCUT2D eigenvalue weighted by molar-refractivity contribution is 0.608. The van der Waals surface area contributed by atoms with Gasteiger partial charge in [0.25, 0.3) is 0 Å². The molecule has 0 amide bonds. The Hall–Kier alpha value is -1.82. The van der Waals surface area contributed by atoms with Gasteiger partial charge in [0, 0.05) is 19.7 Å². The molecule has 1 heterocycles. The van der Waals surface area contributed by atoms with Crippen LogP contribution in [0.5, 0.6) is 0 Å². The van der Waals surface area contributed by atoms with E-state index in [4.69, 9.17) is 0 Å². The van der Waals surface area contributed by atoms with Crippen LogP contribution in [0.25, 0.3) is 0 Å². The second-order valence-corrected chi connectivity index (χ2v) is 5.55. The van der Waals surface area contributed by atoms with Gasteiger partial charge in [-0.25, -0.2) is 14.4 Å². The van der Waals surface area contributed by atoms with Crippen molar-refractivity contribution < 1.29 is 4.39 Å². The molecule has 1 aromatic heterocycles. The monoisotopic (exact) mass is 306 g/mol. The number of nitrogens with one attached hydrogen (secondary N) is 2. The SMILES string of the molecule is CNc1cc(NCc2cc(C)c(F)c(C)c2)nc(SC)n1. The molecule has 2 aromatic rings. The first kappa shape index (κ1) is 15.6. The van der Waals surface area contributed by atoms with Crippen LogP contribution in [0.2, 0.25) is 0 Å². The van der Waals surface area contributed by atoms with Crippen molar-refractivity contribution in [3.8, 4) is 0 Å². The summed E-state index contributed by atoms with van der Waals surface area (Å²) in [4.78, 5) is 8.72. The molecule has 2 N–H and O–H groups in total. The van der Waals surface area contributed by atoms with Crippen molar-refractivity contribution in [1.29, 1.82) is 0 Å². The minimum Gasteiger partial charge on any atom is -0.373 e. The first-order chi connectivity index (χ1) is 10.0. The van der Waals surface area contributed by atoms with Crippen LogP contribution in [-0.4, -0.2) is 23.3 Å². The molecule has 112 valence electrons. The van der Waals surface area contributed by atoms with Gasteiger partial charge in [-0.05, 0) is 36.8 Å². The number of benzene rings is 1. The fraction of sp³-hybridized carbons (Fsp3) is 0.333. The van der Waals surface area contributed by atoms with Gasteiger partial charge in [-0.2, -0.15) is 0 Å². The number of thioether (sulfide) groups is 1. The first-order valence-electron chi connectivity index (χ1n) is 6.63. The molecule has 2 rings (SSSR count). The Kier molecular flexibility index (Phi) is 5.01. The molecule has 0 bridgehead atoms. The van der Waals surface area contributed by atoms with Crippen molar-refractivity contribution >= 4 is 23.4 Å². The summed E-state index contributed by atoms with van der Waals surface area (Å²) in [5.41, 5.74) is 2.35. The van der Waals surface area contributed by atoms with Crippen molar-refractivity contribution in [2.75, 3.05) is 23.9 Å². The molecule has 0 saturated heterocycles. The quantitative estimate of drug-likeness (QED) is 0.653. The van der Waals surface area contributed by atoms with Crippen LogP contribution in [0.3, 0.4) is 0 Å². The minimum absolute atomic E-state index is 0.136. The summed E-state index contributed by atoms with van der Waals surface area (Å²) in [5, 5.41) is 6.97. The third-order valence-corrected chi connectivity index (χ3v) is 3.66. The molecule has 0 radical (unpaired) electrons. The fourth-order valence-electron chi connectivity index (χ4n) is 2.07. The molecule has 0 unspecified atom stereocenters. The van der Waals surface area contributed by atoms with Crippen LogP contribution < -0.4 is 10.6 Å². The van der Waals surface area contributed by atoms with E-state index in [1.54, 1.807) is 13.8 Å². The third kappa shape index (κ3) is 3.85. The Morgan fingerprint density at radius 2 is 1.71 bits per heavy atom. The molecule has 0 aliphatic heterocycles. The zero-order valence-electron chi connectivity index (χ0n) is 12.6. The Morgan fingerprint density at radius 3 is 2.29 bits per heavy atom. The van der Waals surface area contributed by atoms with Crippen LogP contribution in [0.1, 0.15) is 16.7 Å². The highest BCUT2D eigenvalue weighted by atomic mass is 32.2. The molecular formula is C15H19FN4S. The maximum Gasteiger partial charge on any atom is 0.191 e. The van der Waals surface area contributed by atoms with E-state index in [-0.39, 0.29) is 5.82 Å². The summed E-state index contributed by atoms with van der Waals surface area (Å²) in [7, 11) is 1.82. The molecule has 21 heavy (non-hydrogen) atoms.